The molecule has 0 saturated heterocycles. The van der Waals surface area contributed by atoms with Gasteiger partial charge in [0.05, 0.1) is 6.10 Å². The van der Waals surface area contributed by atoms with E-state index in [2.05, 4.69) is 58.1 Å². The molecule has 0 saturated carbocycles. The summed E-state index contributed by atoms with van der Waals surface area (Å²) in [5.41, 5.74) is 2.48. The number of benzene rings is 1. The Morgan fingerprint density at radius 1 is 1.26 bits per heavy atom. The van der Waals surface area contributed by atoms with Crippen LogP contribution in [0.3, 0.4) is 0 Å². The molecule has 0 aliphatic carbocycles. The largest absolute Gasteiger partial charge is 0.490 e. The van der Waals surface area contributed by atoms with E-state index < -0.39 is 0 Å². The minimum absolute atomic E-state index is 0.200. The summed E-state index contributed by atoms with van der Waals surface area (Å²) in [6, 6.07) is 8.60. The van der Waals surface area contributed by atoms with Crippen LogP contribution in [-0.4, -0.2) is 18.7 Å². The van der Waals surface area contributed by atoms with Gasteiger partial charge in [0.2, 0.25) is 0 Å². The van der Waals surface area contributed by atoms with Crippen molar-refractivity contribution in [1.82, 2.24) is 5.32 Å². The molecule has 19 heavy (non-hydrogen) atoms. The van der Waals surface area contributed by atoms with Crippen molar-refractivity contribution in [2.45, 2.75) is 53.2 Å². The molecule has 106 valence electrons. The molecule has 2 nitrogen and oxygen atoms in total. The summed E-state index contributed by atoms with van der Waals surface area (Å²) in [5, 5.41) is 3.50. The summed E-state index contributed by atoms with van der Waals surface area (Å²) in [7, 11) is 0. The van der Waals surface area contributed by atoms with Gasteiger partial charge in [-0.3, -0.25) is 0 Å². The third-order valence-electron chi connectivity index (χ3n) is 3.05. The van der Waals surface area contributed by atoms with E-state index in [0.717, 1.165) is 24.3 Å². The number of ether oxygens (including phenoxy) is 1. The monoisotopic (exact) mass is 261 g/mol. The molecule has 1 atom stereocenters. The predicted molar refractivity (Wildman–Crippen MR) is 83.6 cm³/mol. The van der Waals surface area contributed by atoms with E-state index in [9.17, 15) is 0 Å². The van der Waals surface area contributed by atoms with Gasteiger partial charge in [0.15, 0.2) is 0 Å². The lowest BCUT2D eigenvalue weighted by Gasteiger charge is -2.16. The van der Waals surface area contributed by atoms with Gasteiger partial charge in [0.1, 0.15) is 5.75 Å². The second-order valence-electron chi connectivity index (χ2n) is 5.27. The second-order valence-corrected chi connectivity index (χ2v) is 5.27. The summed E-state index contributed by atoms with van der Waals surface area (Å²) < 4.78 is 5.84. The molecule has 1 N–H and O–H groups in total. The zero-order valence-electron chi connectivity index (χ0n) is 12.9. The number of hydrogen-bond acceptors (Lipinski definition) is 2. The Balaban J connectivity index is 2.84. The summed E-state index contributed by atoms with van der Waals surface area (Å²) in [4.78, 5) is 0. The van der Waals surface area contributed by atoms with E-state index in [-0.39, 0.29) is 6.10 Å². The molecular formula is C17H27NO. The third-order valence-corrected chi connectivity index (χ3v) is 3.05. The van der Waals surface area contributed by atoms with Gasteiger partial charge in [-0.1, -0.05) is 36.8 Å². The molecule has 0 radical (unpaired) electrons. The number of hydrogen-bond donors (Lipinski definition) is 1. The first-order chi connectivity index (χ1) is 9.04. The van der Waals surface area contributed by atoms with Crippen molar-refractivity contribution in [3.05, 3.63) is 35.4 Å². The quantitative estimate of drug-likeness (QED) is 0.791. The van der Waals surface area contributed by atoms with Gasteiger partial charge < -0.3 is 10.1 Å². The van der Waals surface area contributed by atoms with Crippen molar-refractivity contribution in [1.29, 1.82) is 0 Å². The highest BCUT2D eigenvalue weighted by molar-refractivity contribution is 5.60. The molecule has 0 heterocycles. The van der Waals surface area contributed by atoms with Crippen molar-refractivity contribution in [2.24, 2.45) is 0 Å². The minimum Gasteiger partial charge on any atom is -0.490 e. The van der Waals surface area contributed by atoms with Gasteiger partial charge in [-0.15, -0.1) is 0 Å². The first-order valence-corrected chi connectivity index (χ1v) is 7.21. The third kappa shape index (κ3) is 5.48. The maximum absolute atomic E-state index is 5.84. The van der Waals surface area contributed by atoms with Crippen LogP contribution in [0.2, 0.25) is 0 Å². The predicted octanol–water partition coefficient (Wildman–Crippen LogP) is 4.27. The number of rotatable bonds is 7. The first-order valence-electron chi connectivity index (χ1n) is 7.21. The van der Waals surface area contributed by atoms with E-state index >= 15 is 0 Å². The Kier molecular flexibility index (Phi) is 6.65. The molecule has 1 aromatic carbocycles. The number of para-hydroxylation sites is 1. The van der Waals surface area contributed by atoms with Gasteiger partial charge in [-0.2, -0.15) is 0 Å². The van der Waals surface area contributed by atoms with Crippen LogP contribution in [0.4, 0.5) is 0 Å². The molecule has 0 amide bonds. The maximum Gasteiger partial charge on any atom is 0.126 e. The van der Waals surface area contributed by atoms with Crippen LogP contribution in [0.5, 0.6) is 5.75 Å². The van der Waals surface area contributed by atoms with Gasteiger partial charge in [0, 0.05) is 11.6 Å². The molecule has 1 unspecified atom stereocenters. The van der Waals surface area contributed by atoms with Crippen molar-refractivity contribution in [3.63, 3.8) is 0 Å². The zero-order chi connectivity index (χ0) is 14.3. The molecule has 0 aromatic heterocycles. The van der Waals surface area contributed by atoms with Gasteiger partial charge in [-0.25, -0.2) is 0 Å². The van der Waals surface area contributed by atoms with Crippen LogP contribution in [0.1, 0.15) is 46.6 Å². The van der Waals surface area contributed by atoms with Crippen molar-refractivity contribution in [2.75, 3.05) is 6.54 Å². The Bertz CT molecular complexity index is 409. The highest BCUT2D eigenvalue weighted by atomic mass is 16.5. The number of nitrogens with one attached hydrogen (secondary N) is 1. The second kappa shape index (κ2) is 8.00. The average molecular weight is 261 g/mol. The molecular weight excluding hydrogens is 234 g/mol. The van der Waals surface area contributed by atoms with Crippen LogP contribution in [0.25, 0.3) is 6.08 Å². The summed E-state index contributed by atoms with van der Waals surface area (Å²) >= 11 is 0. The lowest BCUT2D eigenvalue weighted by atomic mass is 10.1. The zero-order valence-corrected chi connectivity index (χ0v) is 12.9. The van der Waals surface area contributed by atoms with Crippen molar-refractivity contribution >= 4 is 6.08 Å². The van der Waals surface area contributed by atoms with Crippen LogP contribution in [0, 0.1) is 0 Å². The first kappa shape index (κ1) is 15.8. The standard InChI is InChI=1S/C17H27NO/c1-6-11-18-15(5)14(4)12-16-9-7-8-10-17(16)19-13(2)3/h7-10,12-13,15,18H,6,11H2,1-5H3/b14-12+. The van der Waals surface area contributed by atoms with Crippen molar-refractivity contribution in [3.8, 4) is 5.75 Å². The lowest BCUT2D eigenvalue weighted by Crippen LogP contribution is -2.27. The Hall–Kier alpha value is -1.28. The molecule has 0 spiro atoms. The normalized spacial score (nSPS) is 13.7. The van der Waals surface area contributed by atoms with Gasteiger partial charge in [-0.05, 0) is 46.7 Å². The molecule has 1 rings (SSSR count). The summed E-state index contributed by atoms with van der Waals surface area (Å²) in [6.45, 7) is 11.7. The highest BCUT2D eigenvalue weighted by Gasteiger charge is 2.06. The van der Waals surface area contributed by atoms with Crippen molar-refractivity contribution < 1.29 is 4.74 Å². The summed E-state index contributed by atoms with van der Waals surface area (Å²) in [5.74, 6) is 0.958. The molecule has 2 heteroatoms. The van der Waals surface area contributed by atoms with Crippen LogP contribution in [-0.2, 0) is 0 Å². The maximum atomic E-state index is 5.84. The Morgan fingerprint density at radius 2 is 1.95 bits per heavy atom. The Morgan fingerprint density at radius 3 is 2.58 bits per heavy atom. The van der Waals surface area contributed by atoms with Gasteiger partial charge >= 0.3 is 0 Å². The molecule has 0 bridgehead atoms. The molecule has 0 aliphatic rings. The Labute approximate surface area is 117 Å². The van der Waals surface area contributed by atoms with E-state index in [1.54, 1.807) is 0 Å². The fraction of sp³-hybridized carbons (Fsp3) is 0.529. The van der Waals surface area contributed by atoms with E-state index in [0.29, 0.717) is 6.04 Å². The van der Waals surface area contributed by atoms with Crippen LogP contribution < -0.4 is 10.1 Å². The minimum atomic E-state index is 0.200. The van der Waals surface area contributed by atoms with E-state index in [4.69, 9.17) is 4.74 Å². The van der Waals surface area contributed by atoms with Gasteiger partial charge in [0.25, 0.3) is 0 Å². The van der Waals surface area contributed by atoms with E-state index in [1.165, 1.54) is 5.57 Å². The topological polar surface area (TPSA) is 21.3 Å². The highest BCUT2D eigenvalue weighted by Crippen LogP contribution is 2.22. The SMILES string of the molecule is CCCNC(C)/C(C)=C/c1ccccc1OC(C)C. The molecule has 0 fully saturated rings. The average Bonchev–Trinajstić information content (AvgIpc) is 2.37. The van der Waals surface area contributed by atoms with Crippen LogP contribution >= 0.6 is 0 Å². The van der Waals surface area contributed by atoms with E-state index in [1.807, 2.05) is 12.1 Å². The molecule has 1 aromatic rings. The fourth-order valence-corrected chi connectivity index (χ4v) is 1.85. The summed E-state index contributed by atoms with van der Waals surface area (Å²) in [6.07, 6.45) is 3.57. The fourth-order valence-electron chi connectivity index (χ4n) is 1.85. The lowest BCUT2D eigenvalue weighted by molar-refractivity contribution is 0.242. The van der Waals surface area contributed by atoms with Crippen LogP contribution in [0.15, 0.2) is 29.8 Å². The molecule has 0 aliphatic heterocycles. The smallest absolute Gasteiger partial charge is 0.126 e.